The van der Waals surface area contributed by atoms with Crippen molar-refractivity contribution in [2.24, 2.45) is 0 Å². The number of hydrogen-bond donors (Lipinski definition) is 1. The minimum absolute atomic E-state index is 0.0157. The molecule has 3 aromatic rings. The molecule has 0 spiro atoms. The number of aromatic nitrogens is 1. The summed E-state index contributed by atoms with van der Waals surface area (Å²) in [5.41, 5.74) is 3.60. The smallest absolute Gasteiger partial charge is 0.233 e. The van der Waals surface area contributed by atoms with Crippen LogP contribution in [0.3, 0.4) is 0 Å². The summed E-state index contributed by atoms with van der Waals surface area (Å²) in [6.07, 6.45) is 0. The molecule has 1 atom stereocenters. The molecule has 0 saturated carbocycles. The van der Waals surface area contributed by atoms with Crippen LogP contribution in [0.4, 0.5) is 5.82 Å². The lowest BCUT2D eigenvalue weighted by Gasteiger charge is -2.41. The fourth-order valence-corrected chi connectivity index (χ4v) is 4.98. The van der Waals surface area contributed by atoms with E-state index in [2.05, 4.69) is 51.5 Å². The zero-order chi connectivity index (χ0) is 23.4. The molecule has 34 heavy (non-hydrogen) atoms. The molecule has 1 aromatic heterocycles. The van der Waals surface area contributed by atoms with E-state index in [9.17, 15) is 4.79 Å². The fraction of sp³-hybridized carbons (Fsp3) is 0.357. The van der Waals surface area contributed by atoms with Crippen LogP contribution in [-0.2, 0) is 34.6 Å². The van der Waals surface area contributed by atoms with E-state index in [0.29, 0.717) is 26.3 Å². The van der Waals surface area contributed by atoms with Gasteiger partial charge in [-0.15, -0.1) is 0 Å². The molecule has 2 aliphatic heterocycles. The van der Waals surface area contributed by atoms with Crippen LogP contribution >= 0.6 is 0 Å². The minimum Gasteiger partial charge on any atom is -0.378 e. The van der Waals surface area contributed by atoms with Gasteiger partial charge in [0.2, 0.25) is 5.91 Å². The van der Waals surface area contributed by atoms with Gasteiger partial charge in [-0.2, -0.15) is 0 Å². The Hall–Kier alpha value is -3.22. The van der Waals surface area contributed by atoms with E-state index in [0.717, 1.165) is 48.8 Å². The maximum Gasteiger partial charge on any atom is 0.233 e. The van der Waals surface area contributed by atoms with Crippen LogP contribution in [-0.4, -0.2) is 48.6 Å². The van der Waals surface area contributed by atoms with Crippen LogP contribution in [0.5, 0.6) is 0 Å². The molecule has 5 rings (SSSR count). The van der Waals surface area contributed by atoms with Gasteiger partial charge in [0.25, 0.3) is 0 Å². The van der Waals surface area contributed by atoms with Gasteiger partial charge < -0.3 is 15.0 Å². The van der Waals surface area contributed by atoms with E-state index in [1.54, 1.807) is 0 Å². The first-order chi connectivity index (χ1) is 16.6. The molecule has 0 bridgehead atoms. The first kappa shape index (κ1) is 22.6. The largest absolute Gasteiger partial charge is 0.378 e. The topological polar surface area (TPSA) is 57.7 Å². The molecule has 6 heteroatoms. The summed E-state index contributed by atoms with van der Waals surface area (Å²) in [7, 11) is 0. The Bertz CT molecular complexity index is 1120. The van der Waals surface area contributed by atoms with E-state index >= 15 is 0 Å². The van der Waals surface area contributed by atoms with Crippen LogP contribution in [0.15, 0.2) is 72.8 Å². The predicted octanol–water partition coefficient (Wildman–Crippen LogP) is 3.51. The van der Waals surface area contributed by atoms with Crippen LogP contribution in [0, 0.1) is 0 Å². The molecule has 2 aromatic carbocycles. The molecule has 1 saturated heterocycles. The number of fused-ring (bicyclic) bond motifs is 1. The normalized spacial score (nSPS) is 20.6. The highest BCUT2D eigenvalue weighted by Crippen LogP contribution is 2.35. The lowest BCUT2D eigenvalue weighted by molar-refractivity contribution is -0.128. The Morgan fingerprint density at radius 2 is 1.65 bits per heavy atom. The molecule has 1 N–H and O–H groups in total. The average molecular weight is 457 g/mol. The molecule has 0 radical (unpaired) electrons. The van der Waals surface area contributed by atoms with E-state index in [1.165, 1.54) is 5.56 Å². The van der Waals surface area contributed by atoms with Crippen molar-refractivity contribution in [3.63, 3.8) is 0 Å². The number of carbonyl (C=O) groups excluding carboxylic acids is 1. The van der Waals surface area contributed by atoms with Gasteiger partial charge >= 0.3 is 0 Å². The van der Waals surface area contributed by atoms with Crippen molar-refractivity contribution in [2.45, 2.75) is 32.0 Å². The number of anilines is 1. The molecule has 176 valence electrons. The summed E-state index contributed by atoms with van der Waals surface area (Å²) in [5.74, 6) is 0.947. The van der Waals surface area contributed by atoms with Crippen LogP contribution in [0.2, 0.25) is 0 Å². The minimum atomic E-state index is -0.751. The zero-order valence-corrected chi connectivity index (χ0v) is 19.7. The summed E-state index contributed by atoms with van der Waals surface area (Å²) < 4.78 is 5.52. The lowest BCUT2D eigenvalue weighted by atomic mass is 9.79. The standard InChI is InChI=1S/C28H32N4O2/c1-28(27(33)29-18-22-8-4-2-5-9-22)21-31(19-23-10-6-3-7-11-23)20-24-12-13-25(30-26(24)28)32-14-16-34-17-15-32/h2-13H,14-21H2,1H3,(H,29,33). The van der Waals surface area contributed by atoms with Crippen LogP contribution in [0.25, 0.3) is 0 Å². The van der Waals surface area contributed by atoms with Crippen molar-refractivity contribution in [1.29, 1.82) is 0 Å². The summed E-state index contributed by atoms with van der Waals surface area (Å²) in [4.78, 5) is 23.4. The average Bonchev–Trinajstić information content (AvgIpc) is 2.89. The third kappa shape index (κ3) is 4.83. The summed E-state index contributed by atoms with van der Waals surface area (Å²) in [5, 5.41) is 3.19. The van der Waals surface area contributed by atoms with Gasteiger partial charge in [-0.25, -0.2) is 4.98 Å². The summed E-state index contributed by atoms with van der Waals surface area (Å²) >= 11 is 0. The molecule has 2 aliphatic rings. The van der Waals surface area contributed by atoms with E-state index < -0.39 is 5.41 Å². The first-order valence-electron chi connectivity index (χ1n) is 12.0. The third-order valence-electron chi connectivity index (χ3n) is 6.80. The first-order valence-corrected chi connectivity index (χ1v) is 12.0. The summed E-state index contributed by atoms with van der Waals surface area (Å²) in [6.45, 7) is 7.80. The van der Waals surface area contributed by atoms with Crippen LogP contribution < -0.4 is 10.2 Å². The Labute approximate surface area is 201 Å². The maximum absolute atomic E-state index is 13.7. The Balaban J connectivity index is 1.44. The van der Waals surface area contributed by atoms with Crippen molar-refractivity contribution >= 4 is 11.7 Å². The van der Waals surface area contributed by atoms with Gasteiger partial charge in [0, 0.05) is 39.3 Å². The number of morpholine rings is 1. The number of ether oxygens (including phenoxy) is 1. The Kier molecular flexibility index (Phi) is 6.61. The van der Waals surface area contributed by atoms with Crippen LogP contribution in [0.1, 0.15) is 29.3 Å². The third-order valence-corrected chi connectivity index (χ3v) is 6.80. The number of carbonyl (C=O) groups is 1. The van der Waals surface area contributed by atoms with Gasteiger partial charge in [-0.1, -0.05) is 66.7 Å². The number of amides is 1. The van der Waals surface area contributed by atoms with Gasteiger partial charge in [-0.3, -0.25) is 9.69 Å². The molecule has 0 aliphatic carbocycles. The molecule has 1 unspecified atom stereocenters. The molecule has 1 amide bonds. The SMILES string of the molecule is CC1(C(=O)NCc2ccccc2)CN(Cc2ccccc2)Cc2ccc(N3CCOCC3)nc21. The molecular formula is C28H32N4O2. The highest BCUT2D eigenvalue weighted by molar-refractivity contribution is 5.88. The molecule has 6 nitrogen and oxygen atoms in total. The second-order valence-electron chi connectivity index (χ2n) is 9.41. The van der Waals surface area contributed by atoms with E-state index in [-0.39, 0.29) is 5.91 Å². The van der Waals surface area contributed by atoms with Crippen molar-refractivity contribution in [3.05, 3.63) is 95.2 Å². The lowest BCUT2D eigenvalue weighted by Crippen LogP contribution is -2.53. The van der Waals surface area contributed by atoms with Gasteiger partial charge in [0.1, 0.15) is 11.2 Å². The second kappa shape index (κ2) is 9.95. The maximum atomic E-state index is 13.7. The van der Waals surface area contributed by atoms with Gasteiger partial charge in [0.15, 0.2) is 0 Å². The number of hydrogen-bond acceptors (Lipinski definition) is 5. The quantitative estimate of drug-likeness (QED) is 0.615. The highest BCUT2D eigenvalue weighted by atomic mass is 16.5. The Morgan fingerprint density at radius 3 is 2.35 bits per heavy atom. The van der Waals surface area contributed by atoms with E-state index in [4.69, 9.17) is 9.72 Å². The number of pyridine rings is 1. The van der Waals surface area contributed by atoms with Crippen molar-refractivity contribution < 1.29 is 9.53 Å². The number of nitrogens with one attached hydrogen (secondary N) is 1. The fourth-order valence-electron chi connectivity index (χ4n) is 4.98. The second-order valence-corrected chi connectivity index (χ2v) is 9.41. The number of nitrogens with zero attached hydrogens (tertiary/aromatic N) is 3. The monoisotopic (exact) mass is 456 g/mol. The van der Waals surface area contributed by atoms with Crippen molar-refractivity contribution in [1.82, 2.24) is 15.2 Å². The highest BCUT2D eigenvalue weighted by Gasteiger charge is 2.43. The Morgan fingerprint density at radius 1 is 0.971 bits per heavy atom. The molecule has 1 fully saturated rings. The van der Waals surface area contributed by atoms with Crippen molar-refractivity contribution in [2.75, 3.05) is 37.7 Å². The number of rotatable bonds is 6. The molecule has 3 heterocycles. The van der Waals surface area contributed by atoms with Gasteiger partial charge in [0.05, 0.1) is 18.9 Å². The van der Waals surface area contributed by atoms with Gasteiger partial charge in [-0.05, 0) is 29.7 Å². The summed E-state index contributed by atoms with van der Waals surface area (Å²) in [6, 6.07) is 24.8. The zero-order valence-electron chi connectivity index (χ0n) is 19.7. The van der Waals surface area contributed by atoms with E-state index in [1.807, 2.05) is 43.3 Å². The molecular weight excluding hydrogens is 424 g/mol. The predicted molar refractivity (Wildman–Crippen MR) is 133 cm³/mol. The number of benzene rings is 2. The van der Waals surface area contributed by atoms with Crippen molar-refractivity contribution in [3.8, 4) is 0 Å².